The van der Waals surface area contributed by atoms with Gasteiger partial charge in [-0.3, -0.25) is 4.79 Å². The summed E-state index contributed by atoms with van der Waals surface area (Å²) in [6.07, 6.45) is 4.72. The first-order valence-electron chi connectivity index (χ1n) is 11.1. The Balaban J connectivity index is 1.78. The number of rotatable bonds is 8. The fraction of sp³-hybridized carbons (Fsp3) is 0.280. The molecule has 0 aliphatic carbocycles. The van der Waals surface area contributed by atoms with Crippen molar-refractivity contribution in [1.82, 2.24) is 14.1 Å². The summed E-state index contributed by atoms with van der Waals surface area (Å²) >= 11 is 0. The predicted molar refractivity (Wildman–Crippen MR) is 135 cm³/mol. The van der Waals surface area contributed by atoms with Gasteiger partial charge in [-0.05, 0) is 36.4 Å². The van der Waals surface area contributed by atoms with Crippen LogP contribution in [0, 0.1) is 5.82 Å². The van der Waals surface area contributed by atoms with Crippen LogP contribution in [0.3, 0.4) is 0 Å². The van der Waals surface area contributed by atoms with E-state index in [1.807, 2.05) is 10.8 Å². The van der Waals surface area contributed by atoms with Crippen molar-refractivity contribution in [2.75, 3.05) is 12.3 Å². The molecule has 0 atom stereocenters. The molecule has 0 aliphatic heterocycles. The fourth-order valence-corrected chi connectivity index (χ4v) is 4.43. The highest BCUT2D eigenvalue weighted by atomic mass is 28.3. The summed E-state index contributed by atoms with van der Waals surface area (Å²) in [7, 11) is 0.495. The summed E-state index contributed by atoms with van der Waals surface area (Å²) in [6, 6.07) is 10.9. The van der Waals surface area contributed by atoms with Gasteiger partial charge in [0.1, 0.15) is 18.3 Å². The van der Waals surface area contributed by atoms with Gasteiger partial charge in [-0.1, -0.05) is 19.6 Å². The summed E-state index contributed by atoms with van der Waals surface area (Å²) in [5, 5.41) is 0.571. The molecule has 7 nitrogen and oxygen atoms in total. The third kappa shape index (κ3) is 5.21. The highest BCUT2D eigenvalue weighted by Gasteiger charge is 2.18. The van der Waals surface area contributed by atoms with Gasteiger partial charge in [0.2, 0.25) is 5.88 Å². The number of hydrogen-bond donors (Lipinski definition) is 1. The van der Waals surface area contributed by atoms with E-state index in [4.69, 9.17) is 15.2 Å². The largest absolute Gasteiger partial charge is 0.438 e. The van der Waals surface area contributed by atoms with Gasteiger partial charge in [0.15, 0.2) is 0 Å². The maximum Gasteiger partial charge on any atom is 0.259 e. The molecule has 0 saturated heterocycles. The number of nitrogens with zero attached hydrogens (tertiary/aromatic N) is 3. The minimum absolute atomic E-state index is 0.105. The Kier molecular flexibility index (Phi) is 6.58. The lowest BCUT2D eigenvalue weighted by Crippen LogP contribution is -2.22. The van der Waals surface area contributed by atoms with Crippen molar-refractivity contribution in [1.29, 1.82) is 0 Å². The van der Waals surface area contributed by atoms with Crippen LogP contribution in [0.2, 0.25) is 25.7 Å². The van der Waals surface area contributed by atoms with E-state index in [1.54, 1.807) is 37.5 Å². The van der Waals surface area contributed by atoms with Gasteiger partial charge < -0.3 is 24.3 Å². The SMILES string of the molecule is Cn1cc(-c2cc(N)ccc2Oc2ccc(F)cn2)c2c(ccn2COCC[Si](C)(C)C)c1=O. The van der Waals surface area contributed by atoms with E-state index in [1.165, 1.54) is 16.7 Å². The molecule has 0 saturated carbocycles. The van der Waals surface area contributed by atoms with Crippen LogP contribution < -0.4 is 16.0 Å². The first-order chi connectivity index (χ1) is 16.1. The number of hydrogen-bond acceptors (Lipinski definition) is 5. The van der Waals surface area contributed by atoms with Gasteiger partial charge in [-0.15, -0.1) is 0 Å². The number of pyridine rings is 2. The van der Waals surface area contributed by atoms with E-state index >= 15 is 0 Å². The highest BCUT2D eigenvalue weighted by Crippen LogP contribution is 2.37. The lowest BCUT2D eigenvalue weighted by atomic mass is 10.0. The smallest absolute Gasteiger partial charge is 0.259 e. The second-order valence-electron chi connectivity index (χ2n) is 9.53. The number of nitrogen functional groups attached to an aromatic ring is 1. The van der Waals surface area contributed by atoms with Gasteiger partial charge in [-0.2, -0.15) is 0 Å². The maximum atomic E-state index is 13.3. The van der Waals surface area contributed by atoms with E-state index in [0.29, 0.717) is 35.7 Å². The van der Waals surface area contributed by atoms with Crippen molar-refractivity contribution in [3.8, 4) is 22.8 Å². The van der Waals surface area contributed by atoms with Crippen molar-refractivity contribution in [3.63, 3.8) is 0 Å². The summed E-state index contributed by atoms with van der Waals surface area (Å²) < 4.78 is 28.7. The van der Waals surface area contributed by atoms with Crippen LogP contribution >= 0.6 is 0 Å². The third-order valence-corrected chi connectivity index (χ3v) is 7.23. The molecule has 0 spiro atoms. The topological polar surface area (TPSA) is 84.3 Å². The molecule has 4 rings (SSSR count). The molecule has 0 radical (unpaired) electrons. The Labute approximate surface area is 198 Å². The third-order valence-electron chi connectivity index (χ3n) is 5.53. The molecule has 3 aromatic heterocycles. The van der Waals surface area contributed by atoms with Crippen molar-refractivity contribution in [2.45, 2.75) is 32.4 Å². The Bertz CT molecular complexity index is 1370. The molecular formula is C25H29FN4O3Si. The van der Waals surface area contributed by atoms with Crippen LogP contribution in [0.5, 0.6) is 11.6 Å². The molecule has 9 heteroatoms. The van der Waals surface area contributed by atoms with Crippen LogP contribution in [0.4, 0.5) is 10.1 Å². The minimum Gasteiger partial charge on any atom is -0.438 e. The Morgan fingerprint density at radius 2 is 1.91 bits per heavy atom. The number of anilines is 1. The minimum atomic E-state index is -1.21. The van der Waals surface area contributed by atoms with Gasteiger partial charge in [-0.25, -0.2) is 9.37 Å². The van der Waals surface area contributed by atoms with Crippen molar-refractivity contribution in [2.24, 2.45) is 7.05 Å². The van der Waals surface area contributed by atoms with E-state index in [-0.39, 0.29) is 11.4 Å². The number of fused-ring (bicyclic) bond motifs is 1. The number of nitrogens with two attached hydrogens (primary N) is 1. The summed E-state index contributed by atoms with van der Waals surface area (Å²) in [4.78, 5) is 16.9. The Morgan fingerprint density at radius 1 is 1.12 bits per heavy atom. The molecule has 0 unspecified atom stereocenters. The number of benzene rings is 1. The monoisotopic (exact) mass is 480 g/mol. The lowest BCUT2D eigenvalue weighted by Gasteiger charge is -2.17. The van der Waals surface area contributed by atoms with Crippen molar-refractivity contribution < 1.29 is 13.9 Å². The van der Waals surface area contributed by atoms with E-state index < -0.39 is 13.9 Å². The molecular weight excluding hydrogens is 451 g/mol. The van der Waals surface area contributed by atoms with Crippen molar-refractivity contribution in [3.05, 3.63) is 71.2 Å². The maximum absolute atomic E-state index is 13.3. The van der Waals surface area contributed by atoms with Crippen LogP contribution in [-0.2, 0) is 18.5 Å². The number of aromatic nitrogens is 3. The van der Waals surface area contributed by atoms with Gasteiger partial charge in [0, 0.05) is 57.0 Å². The molecule has 1 aromatic carbocycles. The molecule has 3 heterocycles. The van der Waals surface area contributed by atoms with Crippen LogP contribution in [0.15, 0.2) is 59.8 Å². The van der Waals surface area contributed by atoms with E-state index in [2.05, 4.69) is 24.6 Å². The standard InChI is InChI=1S/C25H29FN4O3Si/c1-29-15-21(20-13-18(27)6-7-22(20)33-23-8-5-17(26)14-28-23)24-19(25(29)31)9-10-30(24)16-32-11-12-34(2,3)4/h5-10,13-15H,11-12,16,27H2,1-4H3. The zero-order valence-corrected chi connectivity index (χ0v) is 20.8. The van der Waals surface area contributed by atoms with Crippen molar-refractivity contribution >= 4 is 24.7 Å². The molecule has 0 amide bonds. The highest BCUT2D eigenvalue weighted by molar-refractivity contribution is 6.76. The van der Waals surface area contributed by atoms with E-state index in [0.717, 1.165) is 23.3 Å². The molecule has 34 heavy (non-hydrogen) atoms. The zero-order chi connectivity index (χ0) is 24.5. The average Bonchev–Trinajstić information content (AvgIpc) is 3.20. The van der Waals surface area contributed by atoms with Gasteiger partial charge >= 0.3 is 0 Å². The number of aryl methyl sites for hydroxylation is 1. The summed E-state index contributed by atoms with van der Waals surface area (Å²) in [6.45, 7) is 7.91. The van der Waals surface area contributed by atoms with E-state index in [9.17, 15) is 9.18 Å². The van der Waals surface area contributed by atoms with Crippen LogP contribution in [0.25, 0.3) is 22.0 Å². The Hall–Kier alpha value is -3.43. The molecule has 2 N–H and O–H groups in total. The lowest BCUT2D eigenvalue weighted by molar-refractivity contribution is 0.0903. The van der Waals surface area contributed by atoms with Gasteiger partial charge in [0.25, 0.3) is 5.56 Å². The molecule has 0 aliphatic rings. The van der Waals surface area contributed by atoms with Crippen LogP contribution in [0.1, 0.15) is 0 Å². The summed E-state index contributed by atoms with van der Waals surface area (Å²) in [5.41, 5.74) is 8.75. The number of halogens is 1. The van der Waals surface area contributed by atoms with Crippen LogP contribution in [-0.4, -0.2) is 28.8 Å². The zero-order valence-electron chi connectivity index (χ0n) is 19.8. The second kappa shape index (κ2) is 9.44. The number of ether oxygens (including phenoxy) is 2. The second-order valence-corrected chi connectivity index (χ2v) is 15.1. The first-order valence-corrected chi connectivity index (χ1v) is 14.8. The molecule has 4 aromatic rings. The molecule has 0 bridgehead atoms. The first kappa shape index (κ1) is 23.7. The quantitative estimate of drug-likeness (QED) is 0.212. The van der Waals surface area contributed by atoms with Gasteiger partial charge in [0.05, 0.1) is 17.1 Å². The molecule has 0 fully saturated rings. The average molecular weight is 481 g/mol. The fourth-order valence-electron chi connectivity index (χ4n) is 3.68. The molecule has 178 valence electrons. The normalized spacial score (nSPS) is 11.8. The predicted octanol–water partition coefficient (Wildman–Crippen LogP) is 5.23. The Morgan fingerprint density at radius 3 is 2.62 bits per heavy atom. The summed E-state index contributed by atoms with van der Waals surface area (Å²) in [5.74, 6) is 0.288.